The van der Waals surface area contributed by atoms with E-state index in [4.69, 9.17) is 0 Å². The van der Waals surface area contributed by atoms with Crippen molar-refractivity contribution in [3.05, 3.63) is 72.1 Å². The Morgan fingerprint density at radius 2 is 1.97 bits per heavy atom. The summed E-state index contributed by atoms with van der Waals surface area (Å²) in [5.74, 6) is -0.234. The molecule has 0 bridgehead atoms. The second kappa shape index (κ2) is 8.59. The molecule has 3 aromatic rings. The number of aromatic amines is 1. The second-order valence-corrected chi connectivity index (χ2v) is 7.04. The van der Waals surface area contributed by atoms with Crippen LogP contribution in [0.3, 0.4) is 0 Å². The van der Waals surface area contributed by atoms with E-state index in [1.165, 1.54) is 11.8 Å². The highest BCUT2D eigenvalue weighted by Gasteiger charge is 2.23. The van der Waals surface area contributed by atoms with Gasteiger partial charge < -0.3 is 10.2 Å². The lowest BCUT2D eigenvalue weighted by molar-refractivity contribution is -0.128. The predicted molar refractivity (Wildman–Crippen MR) is 112 cm³/mol. The highest BCUT2D eigenvalue weighted by molar-refractivity contribution is 5.97. The Kier molecular flexibility index (Phi) is 5.54. The quantitative estimate of drug-likeness (QED) is 0.520. The summed E-state index contributed by atoms with van der Waals surface area (Å²) in [5.41, 5.74) is 3.05. The van der Waals surface area contributed by atoms with Crippen molar-refractivity contribution >= 4 is 22.5 Å². The van der Waals surface area contributed by atoms with Crippen LogP contribution in [0.15, 0.2) is 66.5 Å². The molecule has 1 fully saturated rings. The van der Waals surface area contributed by atoms with E-state index in [1.54, 1.807) is 11.1 Å². The van der Waals surface area contributed by atoms with E-state index in [2.05, 4.69) is 32.5 Å². The fourth-order valence-corrected chi connectivity index (χ4v) is 3.45. The number of H-pyrrole nitrogens is 1. The van der Waals surface area contributed by atoms with E-state index in [9.17, 15) is 10.1 Å². The van der Waals surface area contributed by atoms with Crippen molar-refractivity contribution in [1.82, 2.24) is 20.0 Å². The maximum Gasteiger partial charge on any atom is 0.266 e. The molecule has 2 heterocycles. The molecule has 1 amide bonds. The van der Waals surface area contributed by atoms with Crippen molar-refractivity contribution in [2.24, 2.45) is 0 Å². The first-order valence-electron chi connectivity index (χ1n) is 9.58. The third-order valence-corrected chi connectivity index (χ3v) is 5.08. The van der Waals surface area contributed by atoms with Crippen LogP contribution in [0, 0.1) is 11.3 Å². The number of nitrogens with zero attached hydrogens (tertiary/aromatic N) is 4. The van der Waals surface area contributed by atoms with E-state index in [0.29, 0.717) is 13.1 Å². The van der Waals surface area contributed by atoms with Crippen LogP contribution in [-0.4, -0.2) is 52.1 Å². The van der Waals surface area contributed by atoms with E-state index in [-0.39, 0.29) is 11.5 Å². The average molecular weight is 386 g/mol. The Bertz CT molecular complexity index is 1060. The molecule has 1 aliphatic rings. The molecule has 1 aromatic heterocycles. The van der Waals surface area contributed by atoms with Gasteiger partial charge in [-0.05, 0) is 23.8 Å². The predicted octanol–water partition coefficient (Wildman–Crippen LogP) is 2.73. The van der Waals surface area contributed by atoms with Gasteiger partial charge in [-0.2, -0.15) is 10.4 Å². The minimum absolute atomic E-state index is 0.103. The number of benzene rings is 2. The number of aromatic nitrogens is 2. The van der Waals surface area contributed by atoms with Gasteiger partial charge in [-0.1, -0.05) is 30.3 Å². The molecule has 0 spiro atoms. The van der Waals surface area contributed by atoms with Crippen LogP contribution in [0.25, 0.3) is 10.9 Å². The lowest BCUT2D eigenvalue weighted by Crippen LogP contribution is -2.48. The van der Waals surface area contributed by atoms with Crippen molar-refractivity contribution < 1.29 is 4.79 Å². The van der Waals surface area contributed by atoms with Crippen molar-refractivity contribution in [2.75, 3.05) is 31.5 Å². The van der Waals surface area contributed by atoms with Crippen LogP contribution in [0.1, 0.15) is 5.56 Å². The molecule has 1 aliphatic heterocycles. The molecule has 4 rings (SSSR count). The van der Waals surface area contributed by atoms with Gasteiger partial charge in [0.05, 0.1) is 11.7 Å². The molecule has 7 nitrogen and oxygen atoms in total. The average Bonchev–Trinajstić information content (AvgIpc) is 3.23. The Morgan fingerprint density at radius 3 is 2.72 bits per heavy atom. The smallest absolute Gasteiger partial charge is 0.266 e. The number of anilines is 1. The number of nitriles is 1. The monoisotopic (exact) mass is 386 g/mol. The van der Waals surface area contributed by atoms with Gasteiger partial charge in [0.15, 0.2) is 0 Å². The summed E-state index contributed by atoms with van der Waals surface area (Å²) in [6, 6.07) is 18.0. The first kappa shape index (κ1) is 18.7. The van der Waals surface area contributed by atoms with E-state index in [1.807, 2.05) is 42.5 Å². The fraction of sp³-hybridized carbons (Fsp3) is 0.227. The topological polar surface area (TPSA) is 88.0 Å². The van der Waals surface area contributed by atoms with Gasteiger partial charge in [-0.3, -0.25) is 14.8 Å². The van der Waals surface area contributed by atoms with E-state index < -0.39 is 0 Å². The molecule has 0 aliphatic carbocycles. The summed E-state index contributed by atoms with van der Waals surface area (Å²) in [4.78, 5) is 16.8. The van der Waals surface area contributed by atoms with E-state index >= 15 is 0 Å². The highest BCUT2D eigenvalue weighted by atomic mass is 16.2. The molecule has 1 saturated heterocycles. The third kappa shape index (κ3) is 4.45. The maximum absolute atomic E-state index is 12.7. The number of carbonyl (C=O) groups excluding carboxylic acids is 1. The number of fused-ring (bicyclic) bond motifs is 1. The van der Waals surface area contributed by atoms with Crippen LogP contribution in [0.4, 0.5) is 5.69 Å². The number of nitrogens with one attached hydrogen (secondary N) is 2. The number of rotatable bonds is 5. The van der Waals surface area contributed by atoms with Crippen LogP contribution in [0.2, 0.25) is 0 Å². The maximum atomic E-state index is 12.7. The Hall–Kier alpha value is -3.63. The zero-order valence-electron chi connectivity index (χ0n) is 16.0. The summed E-state index contributed by atoms with van der Waals surface area (Å²) in [6.07, 6.45) is 3.23. The molecule has 0 saturated carbocycles. The van der Waals surface area contributed by atoms with Crippen molar-refractivity contribution in [3.63, 3.8) is 0 Å². The fourth-order valence-electron chi connectivity index (χ4n) is 3.45. The standard InChI is InChI=1S/C22H22N6O/c23-13-19(14-24-20-7-6-18-15-25-26-21(18)12-20)22(29)28-10-8-27(9-11-28)16-17-4-2-1-3-5-17/h1-7,12,14-15,24H,8-11,16H2,(H,25,26)/b19-14-. The van der Waals surface area contributed by atoms with Gasteiger partial charge in [0.2, 0.25) is 0 Å². The zero-order valence-corrected chi connectivity index (χ0v) is 16.0. The van der Waals surface area contributed by atoms with Gasteiger partial charge in [-0.25, -0.2) is 0 Å². The van der Waals surface area contributed by atoms with Crippen LogP contribution in [-0.2, 0) is 11.3 Å². The first-order chi connectivity index (χ1) is 14.2. The van der Waals surface area contributed by atoms with Gasteiger partial charge >= 0.3 is 0 Å². The minimum atomic E-state index is -0.234. The summed E-state index contributed by atoms with van der Waals surface area (Å²) in [7, 11) is 0. The third-order valence-electron chi connectivity index (χ3n) is 5.08. The van der Waals surface area contributed by atoms with Crippen molar-refractivity contribution in [1.29, 1.82) is 5.26 Å². The molecule has 29 heavy (non-hydrogen) atoms. The normalized spacial score (nSPS) is 15.3. The van der Waals surface area contributed by atoms with Gasteiger partial charge in [-0.15, -0.1) is 0 Å². The lowest BCUT2D eigenvalue weighted by Gasteiger charge is -2.34. The van der Waals surface area contributed by atoms with Crippen LogP contribution >= 0.6 is 0 Å². The molecule has 7 heteroatoms. The van der Waals surface area contributed by atoms with E-state index in [0.717, 1.165) is 36.2 Å². The molecule has 2 N–H and O–H groups in total. The summed E-state index contributed by atoms with van der Waals surface area (Å²) >= 11 is 0. The number of hydrogen-bond acceptors (Lipinski definition) is 5. The Labute approximate surface area is 169 Å². The summed E-state index contributed by atoms with van der Waals surface area (Å²) in [5, 5.41) is 20.4. The second-order valence-electron chi connectivity index (χ2n) is 7.04. The van der Waals surface area contributed by atoms with Gasteiger partial charge in [0, 0.05) is 50.0 Å². The summed E-state index contributed by atoms with van der Waals surface area (Å²) in [6.45, 7) is 3.70. The highest BCUT2D eigenvalue weighted by Crippen LogP contribution is 2.17. The molecule has 2 aromatic carbocycles. The molecule has 0 atom stereocenters. The molecular weight excluding hydrogens is 364 g/mol. The number of amides is 1. The largest absolute Gasteiger partial charge is 0.360 e. The minimum Gasteiger partial charge on any atom is -0.360 e. The zero-order chi connectivity index (χ0) is 20.1. The van der Waals surface area contributed by atoms with Crippen LogP contribution in [0.5, 0.6) is 0 Å². The number of hydrogen-bond donors (Lipinski definition) is 2. The Morgan fingerprint density at radius 1 is 1.17 bits per heavy atom. The molecule has 146 valence electrons. The number of piperazine rings is 1. The Balaban J connectivity index is 1.35. The van der Waals surface area contributed by atoms with Crippen LogP contribution < -0.4 is 5.32 Å². The van der Waals surface area contributed by atoms with Crippen molar-refractivity contribution in [2.45, 2.75) is 6.54 Å². The molecule has 0 radical (unpaired) electrons. The van der Waals surface area contributed by atoms with Gasteiger partial charge in [0.25, 0.3) is 5.91 Å². The molecule has 0 unspecified atom stereocenters. The molecular formula is C22H22N6O. The first-order valence-corrected chi connectivity index (χ1v) is 9.58. The SMILES string of the molecule is N#C/C(=C/Nc1ccc2cn[nH]c2c1)C(=O)N1CCN(Cc2ccccc2)CC1. The summed E-state index contributed by atoms with van der Waals surface area (Å²) < 4.78 is 0. The lowest BCUT2D eigenvalue weighted by atomic mass is 10.2. The van der Waals surface area contributed by atoms with Crippen molar-refractivity contribution in [3.8, 4) is 6.07 Å². The van der Waals surface area contributed by atoms with Gasteiger partial charge in [0.1, 0.15) is 11.6 Å². The number of carbonyl (C=O) groups is 1.